The van der Waals surface area contributed by atoms with E-state index in [1.807, 2.05) is 0 Å². The molecule has 0 saturated carbocycles. The minimum atomic E-state index is -0.316. The van der Waals surface area contributed by atoms with E-state index in [4.69, 9.17) is 9.31 Å². The van der Waals surface area contributed by atoms with Crippen molar-refractivity contribution in [3.8, 4) is 4.56 Å². The van der Waals surface area contributed by atoms with Gasteiger partial charge in [-0.3, -0.25) is 0 Å². The third-order valence-electron chi connectivity index (χ3n) is 7.46. The van der Waals surface area contributed by atoms with Crippen LogP contribution in [0.15, 0.2) is 48.5 Å². The number of nitrogens with zero attached hydrogens (tertiary/aromatic N) is 1. The molecule has 2 aliphatic heterocycles. The number of rotatable bonds is 1. The first-order chi connectivity index (χ1) is 14.1. The minimum absolute atomic E-state index is 0.0492. The molecule has 5 heteroatoms. The molecule has 0 aliphatic carbocycles. The Hall–Kier alpha value is -1.78. The van der Waals surface area contributed by atoms with Crippen LogP contribution in [-0.2, 0) is 14.7 Å². The van der Waals surface area contributed by atoms with E-state index in [9.17, 15) is 0 Å². The quantitative estimate of drug-likeness (QED) is 0.381. The third-order valence-corrected chi connectivity index (χ3v) is 9.86. The molecule has 0 atom stereocenters. The van der Waals surface area contributed by atoms with Gasteiger partial charge in [-0.05, 0) is 0 Å². The summed E-state index contributed by atoms with van der Waals surface area (Å²) in [7, 11) is -0.267. The molecular formula is C25H26BNO2Se. The fraction of sp³-hybridized carbons (Fsp3) is 0.360. The van der Waals surface area contributed by atoms with Crippen LogP contribution in [0.4, 0.5) is 0 Å². The van der Waals surface area contributed by atoms with Crippen LogP contribution in [0.5, 0.6) is 0 Å². The van der Waals surface area contributed by atoms with Crippen molar-refractivity contribution in [3.63, 3.8) is 0 Å². The van der Waals surface area contributed by atoms with Crippen LogP contribution in [0.25, 0.3) is 26.4 Å². The SMILES string of the molecule is CC1(C)c2cc(B3OC(C)(C)C(C)(C)O3)[se]c2-n2c3ccccc3c3cccc1c32. The van der Waals surface area contributed by atoms with Gasteiger partial charge in [-0.1, -0.05) is 0 Å². The van der Waals surface area contributed by atoms with Crippen LogP contribution < -0.4 is 4.34 Å². The summed E-state index contributed by atoms with van der Waals surface area (Å²) in [5, 5.41) is 2.68. The Morgan fingerprint density at radius 3 is 2.20 bits per heavy atom. The zero-order valence-electron chi connectivity index (χ0n) is 18.4. The average Bonchev–Trinajstić information content (AvgIpc) is 3.32. The molecule has 4 heterocycles. The van der Waals surface area contributed by atoms with Crippen molar-refractivity contribution >= 4 is 47.8 Å². The third kappa shape index (κ3) is 2.24. The van der Waals surface area contributed by atoms with Gasteiger partial charge < -0.3 is 0 Å². The van der Waals surface area contributed by atoms with Crippen molar-refractivity contribution in [3.05, 3.63) is 59.7 Å². The van der Waals surface area contributed by atoms with Gasteiger partial charge in [0, 0.05) is 0 Å². The molecule has 2 aromatic heterocycles. The van der Waals surface area contributed by atoms with Crippen molar-refractivity contribution in [2.75, 3.05) is 0 Å². The summed E-state index contributed by atoms with van der Waals surface area (Å²) in [5.74, 6) is 0. The van der Waals surface area contributed by atoms with Crippen LogP contribution in [0, 0.1) is 0 Å². The molecule has 0 radical (unpaired) electrons. The summed E-state index contributed by atoms with van der Waals surface area (Å²) < 4.78 is 18.1. The molecule has 6 rings (SSSR count). The Morgan fingerprint density at radius 2 is 1.47 bits per heavy atom. The number of hydrogen-bond donors (Lipinski definition) is 0. The average molecular weight is 462 g/mol. The van der Waals surface area contributed by atoms with Crippen molar-refractivity contribution in [1.29, 1.82) is 0 Å². The maximum atomic E-state index is 6.43. The molecule has 30 heavy (non-hydrogen) atoms. The fourth-order valence-electron chi connectivity index (χ4n) is 4.97. The second-order valence-electron chi connectivity index (χ2n) is 10.1. The van der Waals surface area contributed by atoms with E-state index in [-0.39, 0.29) is 38.2 Å². The van der Waals surface area contributed by atoms with Gasteiger partial charge in [0.15, 0.2) is 0 Å². The van der Waals surface area contributed by atoms with E-state index in [1.165, 1.54) is 41.8 Å². The van der Waals surface area contributed by atoms with Crippen LogP contribution in [0.2, 0.25) is 0 Å². The number of fused-ring (bicyclic) bond motifs is 5. The Kier molecular flexibility index (Phi) is 3.61. The van der Waals surface area contributed by atoms with Crippen LogP contribution in [0.1, 0.15) is 52.7 Å². The molecule has 3 nitrogen and oxygen atoms in total. The van der Waals surface area contributed by atoms with Gasteiger partial charge in [0.2, 0.25) is 0 Å². The summed E-state index contributed by atoms with van der Waals surface area (Å²) in [5.41, 5.74) is 4.80. The summed E-state index contributed by atoms with van der Waals surface area (Å²) in [4.78, 5) is 0. The molecule has 0 amide bonds. The molecule has 2 aromatic carbocycles. The normalized spacial score (nSPS) is 20.8. The Bertz CT molecular complexity index is 1330. The van der Waals surface area contributed by atoms with Crippen LogP contribution >= 0.6 is 0 Å². The van der Waals surface area contributed by atoms with Gasteiger partial charge in [0.25, 0.3) is 0 Å². The Balaban J connectivity index is 1.63. The molecule has 0 bridgehead atoms. The summed E-state index contributed by atoms with van der Waals surface area (Å²) in [6.07, 6.45) is 0. The fourth-order valence-corrected chi connectivity index (χ4v) is 7.69. The zero-order valence-corrected chi connectivity index (χ0v) is 20.1. The Labute approximate surface area is 183 Å². The molecular weight excluding hydrogens is 436 g/mol. The van der Waals surface area contributed by atoms with E-state index < -0.39 is 0 Å². The van der Waals surface area contributed by atoms with Crippen LogP contribution in [0.3, 0.4) is 0 Å². The summed E-state index contributed by atoms with van der Waals surface area (Å²) >= 11 is 0.149. The van der Waals surface area contributed by atoms with Crippen LogP contribution in [-0.4, -0.2) is 37.4 Å². The summed E-state index contributed by atoms with van der Waals surface area (Å²) in [6.45, 7) is 13.2. The Morgan fingerprint density at radius 1 is 0.800 bits per heavy atom. The molecule has 0 spiro atoms. The number of hydrogen-bond acceptors (Lipinski definition) is 2. The van der Waals surface area contributed by atoms with Crippen molar-refractivity contribution in [1.82, 2.24) is 4.57 Å². The van der Waals surface area contributed by atoms with Gasteiger partial charge in [0.05, 0.1) is 0 Å². The molecule has 2 aliphatic rings. The number of para-hydroxylation sites is 2. The molecule has 1 saturated heterocycles. The summed E-state index contributed by atoms with van der Waals surface area (Å²) in [6, 6.07) is 18.0. The molecule has 0 unspecified atom stereocenters. The van der Waals surface area contributed by atoms with Gasteiger partial charge in [0.1, 0.15) is 0 Å². The molecule has 4 aromatic rings. The van der Waals surface area contributed by atoms with Crippen molar-refractivity contribution in [2.24, 2.45) is 0 Å². The van der Waals surface area contributed by atoms with Gasteiger partial charge in [-0.15, -0.1) is 0 Å². The van der Waals surface area contributed by atoms with Crippen molar-refractivity contribution in [2.45, 2.75) is 58.2 Å². The van der Waals surface area contributed by atoms with E-state index in [0.29, 0.717) is 0 Å². The van der Waals surface area contributed by atoms with E-state index in [2.05, 4.69) is 94.6 Å². The first-order valence-corrected chi connectivity index (χ1v) is 12.4. The second kappa shape index (κ2) is 5.72. The second-order valence-corrected chi connectivity index (χ2v) is 12.4. The predicted molar refractivity (Wildman–Crippen MR) is 126 cm³/mol. The molecule has 0 N–H and O–H groups in total. The molecule has 1 fully saturated rings. The topological polar surface area (TPSA) is 23.4 Å². The first kappa shape index (κ1) is 19.0. The predicted octanol–water partition coefficient (Wildman–Crippen LogP) is 4.78. The number of aromatic nitrogens is 1. The van der Waals surface area contributed by atoms with Gasteiger partial charge >= 0.3 is 184 Å². The zero-order chi connectivity index (χ0) is 21.1. The maximum absolute atomic E-state index is 6.43. The van der Waals surface area contributed by atoms with Crippen molar-refractivity contribution < 1.29 is 9.31 Å². The first-order valence-electron chi connectivity index (χ1n) is 10.6. The standard InChI is InChI=1S/C25H26BNO2Se/c1-23(2)17-12-9-11-16-15-10-7-8-13-19(15)27(21(16)17)22-18(23)14-20(30-22)26-28-24(3,4)25(5,6)29-26/h7-14H,1-6H3. The van der Waals surface area contributed by atoms with Gasteiger partial charge in [-0.25, -0.2) is 0 Å². The number of benzene rings is 2. The van der Waals surface area contributed by atoms with E-state index in [1.54, 1.807) is 0 Å². The van der Waals surface area contributed by atoms with E-state index in [0.717, 1.165) is 0 Å². The van der Waals surface area contributed by atoms with Gasteiger partial charge in [-0.2, -0.15) is 0 Å². The van der Waals surface area contributed by atoms with E-state index >= 15 is 0 Å². The molecule has 152 valence electrons. The monoisotopic (exact) mass is 463 g/mol.